The number of nitrogens with zero attached hydrogens (tertiary/aromatic N) is 1. The largest absolute Gasteiger partial charge is 0.489 e. The molecule has 0 aliphatic carbocycles. The van der Waals surface area contributed by atoms with Gasteiger partial charge < -0.3 is 4.74 Å². The third-order valence-electron chi connectivity index (χ3n) is 2.80. The van der Waals surface area contributed by atoms with Crippen molar-refractivity contribution < 1.29 is 9.53 Å². The predicted octanol–water partition coefficient (Wildman–Crippen LogP) is 4.13. The highest BCUT2D eigenvalue weighted by molar-refractivity contribution is 8.26. The van der Waals surface area contributed by atoms with Crippen molar-refractivity contribution in [1.82, 2.24) is 4.90 Å². The number of carbonyl (C=O) groups excluding carboxylic acids is 1. The Kier molecular flexibility index (Phi) is 5.45. The molecule has 1 aromatic rings. The Balaban J connectivity index is 2.36. The normalized spacial score (nSPS) is 16.7. The van der Waals surface area contributed by atoms with Gasteiger partial charge in [-0.15, -0.1) is 0 Å². The minimum atomic E-state index is -0.0813. The van der Waals surface area contributed by atoms with Gasteiger partial charge in [0.05, 0.1) is 4.91 Å². The highest BCUT2D eigenvalue weighted by Crippen LogP contribution is 2.34. The van der Waals surface area contributed by atoms with Crippen molar-refractivity contribution in [2.45, 2.75) is 6.92 Å². The minimum Gasteiger partial charge on any atom is -0.489 e. The smallest absolute Gasteiger partial charge is 0.266 e. The summed E-state index contributed by atoms with van der Waals surface area (Å²) in [6.07, 6.45) is 3.42. The molecule has 0 radical (unpaired) electrons. The van der Waals surface area contributed by atoms with Crippen molar-refractivity contribution in [3.05, 3.63) is 46.3 Å². The van der Waals surface area contributed by atoms with Crippen LogP contribution in [0.4, 0.5) is 0 Å². The molecule has 0 saturated carbocycles. The zero-order chi connectivity index (χ0) is 15.4. The van der Waals surface area contributed by atoms with E-state index < -0.39 is 0 Å². The Morgan fingerprint density at radius 3 is 2.90 bits per heavy atom. The van der Waals surface area contributed by atoms with Gasteiger partial charge in [-0.25, -0.2) is 0 Å². The first-order chi connectivity index (χ1) is 10.1. The molecule has 1 saturated heterocycles. The van der Waals surface area contributed by atoms with Gasteiger partial charge in [-0.1, -0.05) is 48.2 Å². The zero-order valence-corrected chi connectivity index (χ0v) is 13.9. The lowest BCUT2D eigenvalue weighted by Crippen LogP contribution is -2.27. The zero-order valence-electron chi connectivity index (χ0n) is 11.5. The third kappa shape index (κ3) is 3.67. The second kappa shape index (κ2) is 7.11. The number of likely N-dealkylation sites (N-methyl/N-ethyl adjacent to an activating group) is 1. The molecule has 6 heteroatoms. The molecule has 1 fully saturated rings. The first-order valence-corrected chi connectivity index (χ1v) is 7.95. The van der Waals surface area contributed by atoms with Crippen molar-refractivity contribution in [2.75, 3.05) is 13.2 Å². The quantitative estimate of drug-likeness (QED) is 0.458. The van der Waals surface area contributed by atoms with E-state index in [0.717, 1.165) is 5.56 Å². The van der Waals surface area contributed by atoms with Crippen LogP contribution in [0.25, 0.3) is 6.08 Å². The molecule has 1 aromatic carbocycles. The number of thioether (sulfide) groups is 1. The summed E-state index contributed by atoms with van der Waals surface area (Å²) in [5, 5.41) is 0.582. The number of thiocarbonyl (C=S) groups is 1. The second-order valence-electron chi connectivity index (χ2n) is 4.21. The van der Waals surface area contributed by atoms with Gasteiger partial charge in [-0.05, 0) is 31.2 Å². The molecule has 21 heavy (non-hydrogen) atoms. The maximum absolute atomic E-state index is 12.2. The van der Waals surface area contributed by atoms with Gasteiger partial charge in [-0.2, -0.15) is 0 Å². The van der Waals surface area contributed by atoms with Crippen LogP contribution in [0.3, 0.4) is 0 Å². The number of hydrogen-bond acceptors (Lipinski definition) is 4. The lowest BCUT2D eigenvalue weighted by atomic mass is 10.2. The van der Waals surface area contributed by atoms with E-state index >= 15 is 0 Å². The molecule has 2 rings (SSSR count). The van der Waals surface area contributed by atoms with Gasteiger partial charge in [0, 0.05) is 17.1 Å². The summed E-state index contributed by atoms with van der Waals surface area (Å²) in [5.74, 6) is 0.572. The molecule has 0 bridgehead atoms. The number of carbonyl (C=O) groups is 1. The van der Waals surface area contributed by atoms with E-state index in [-0.39, 0.29) is 5.91 Å². The molecule has 1 aliphatic heterocycles. The van der Waals surface area contributed by atoms with Crippen molar-refractivity contribution in [3.8, 4) is 5.75 Å². The van der Waals surface area contributed by atoms with E-state index in [0.29, 0.717) is 33.1 Å². The summed E-state index contributed by atoms with van der Waals surface area (Å²) < 4.78 is 6.15. The van der Waals surface area contributed by atoms with Gasteiger partial charge in [-0.3, -0.25) is 9.69 Å². The van der Waals surface area contributed by atoms with E-state index in [1.165, 1.54) is 11.8 Å². The second-order valence-corrected chi connectivity index (χ2v) is 6.32. The number of hydrogen-bond donors (Lipinski definition) is 0. The summed E-state index contributed by atoms with van der Waals surface area (Å²) in [6, 6.07) is 5.28. The number of rotatable bonds is 5. The monoisotopic (exact) mass is 339 g/mol. The molecule has 0 N–H and O–H groups in total. The Morgan fingerprint density at radius 1 is 1.52 bits per heavy atom. The molecule has 3 nitrogen and oxygen atoms in total. The number of ether oxygens (including phenoxy) is 1. The number of benzene rings is 1. The molecule has 0 unspecified atom stereocenters. The molecule has 1 aliphatic rings. The third-order valence-corrected chi connectivity index (χ3v) is 4.42. The van der Waals surface area contributed by atoms with Gasteiger partial charge in [0.2, 0.25) is 0 Å². The maximum atomic E-state index is 12.2. The standard InChI is InChI=1S/C15H14ClNO2S2/c1-3-7-19-12-6-5-11(16)8-10(12)9-13-14(18)17(4-2)15(20)21-13/h3,5-6,8-9H,1,4,7H2,2H3/b13-9-. The van der Waals surface area contributed by atoms with Crippen LogP contribution in [-0.4, -0.2) is 28.3 Å². The van der Waals surface area contributed by atoms with Crippen molar-refractivity contribution in [2.24, 2.45) is 0 Å². The Labute approximate surface area is 138 Å². The average Bonchev–Trinajstić information content (AvgIpc) is 2.72. The first kappa shape index (κ1) is 16.1. The highest BCUT2D eigenvalue weighted by atomic mass is 35.5. The molecule has 110 valence electrons. The summed E-state index contributed by atoms with van der Waals surface area (Å²) in [4.78, 5) is 14.4. The van der Waals surface area contributed by atoms with Gasteiger partial charge in [0.1, 0.15) is 16.7 Å². The maximum Gasteiger partial charge on any atom is 0.266 e. The topological polar surface area (TPSA) is 29.5 Å². The van der Waals surface area contributed by atoms with Crippen LogP contribution in [0.2, 0.25) is 5.02 Å². The summed E-state index contributed by atoms with van der Waals surface area (Å²) in [6.45, 7) is 6.47. The van der Waals surface area contributed by atoms with E-state index in [9.17, 15) is 4.79 Å². The average molecular weight is 340 g/mol. The number of amides is 1. The van der Waals surface area contributed by atoms with Crippen LogP contribution in [0.15, 0.2) is 35.8 Å². The first-order valence-electron chi connectivity index (χ1n) is 6.35. The fourth-order valence-electron chi connectivity index (χ4n) is 1.83. The van der Waals surface area contributed by atoms with Crippen molar-refractivity contribution in [1.29, 1.82) is 0 Å². The van der Waals surface area contributed by atoms with Crippen molar-refractivity contribution >= 4 is 51.9 Å². The van der Waals surface area contributed by atoms with Crippen LogP contribution in [-0.2, 0) is 4.79 Å². The van der Waals surface area contributed by atoms with E-state index in [1.807, 2.05) is 6.92 Å². The Morgan fingerprint density at radius 2 is 2.29 bits per heavy atom. The highest BCUT2D eigenvalue weighted by Gasteiger charge is 2.30. The van der Waals surface area contributed by atoms with E-state index in [4.69, 9.17) is 28.6 Å². The summed E-state index contributed by atoms with van der Waals surface area (Å²) in [7, 11) is 0. The SMILES string of the molecule is C=CCOc1ccc(Cl)cc1/C=C1\SC(=S)N(CC)C1=O. The molecule has 0 spiro atoms. The van der Waals surface area contributed by atoms with E-state index in [1.54, 1.807) is 35.3 Å². The molecular formula is C15H14ClNO2S2. The van der Waals surface area contributed by atoms with Crippen LogP contribution < -0.4 is 4.74 Å². The lowest BCUT2D eigenvalue weighted by Gasteiger charge is -2.10. The Hall–Kier alpha value is -1.30. The number of halogens is 1. The van der Waals surface area contributed by atoms with Gasteiger partial charge in [0.15, 0.2) is 0 Å². The van der Waals surface area contributed by atoms with Crippen LogP contribution in [0, 0.1) is 0 Å². The van der Waals surface area contributed by atoms with Crippen LogP contribution in [0.1, 0.15) is 12.5 Å². The van der Waals surface area contributed by atoms with E-state index in [2.05, 4.69) is 6.58 Å². The Bertz CT molecular complexity index is 628. The van der Waals surface area contributed by atoms with Gasteiger partial charge >= 0.3 is 0 Å². The predicted molar refractivity (Wildman–Crippen MR) is 92.7 cm³/mol. The summed E-state index contributed by atoms with van der Waals surface area (Å²) in [5.41, 5.74) is 0.751. The lowest BCUT2D eigenvalue weighted by molar-refractivity contribution is -0.121. The minimum absolute atomic E-state index is 0.0813. The molecule has 0 aromatic heterocycles. The van der Waals surface area contributed by atoms with Crippen molar-refractivity contribution in [3.63, 3.8) is 0 Å². The van der Waals surface area contributed by atoms with Crippen LogP contribution >= 0.6 is 35.6 Å². The van der Waals surface area contributed by atoms with Gasteiger partial charge in [0.25, 0.3) is 5.91 Å². The fourth-order valence-corrected chi connectivity index (χ4v) is 3.38. The molecule has 1 heterocycles. The fraction of sp³-hybridized carbons (Fsp3) is 0.200. The summed E-state index contributed by atoms with van der Waals surface area (Å²) >= 11 is 12.5. The molecular weight excluding hydrogens is 326 g/mol. The molecule has 1 amide bonds. The van der Waals surface area contributed by atoms with Crippen LogP contribution in [0.5, 0.6) is 5.75 Å². The molecule has 0 atom stereocenters.